The third-order valence-corrected chi connectivity index (χ3v) is 5.89. The Labute approximate surface area is 178 Å². The van der Waals surface area contributed by atoms with Gasteiger partial charge in [-0.05, 0) is 54.0 Å². The molecule has 1 saturated heterocycles. The summed E-state index contributed by atoms with van der Waals surface area (Å²) in [5.41, 5.74) is 5.12. The minimum absolute atomic E-state index is 0.0752. The molecular formula is C27H27NO2. The van der Waals surface area contributed by atoms with Crippen molar-refractivity contribution in [2.24, 2.45) is 0 Å². The molecule has 3 heteroatoms. The number of carbonyl (C=O) groups is 2. The zero-order valence-corrected chi connectivity index (χ0v) is 17.2. The van der Waals surface area contributed by atoms with Gasteiger partial charge in [0.2, 0.25) is 0 Å². The van der Waals surface area contributed by atoms with Crippen molar-refractivity contribution in [2.75, 3.05) is 6.54 Å². The summed E-state index contributed by atoms with van der Waals surface area (Å²) in [6.45, 7) is 0.769. The summed E-state index contributed by atoms with van der Waals surface area (Å²) in [6.07, 6.45) is 5.35. The van der Waals surface area contributed by atoms with Crippen LogP contribution in [-0.2, 0) is 11.2 Å². The number of piperidine rings is 1. The van der Waals surface area contributed by atoms with Crippen LogP contribution in [0.5, 0.6) is 0 Å². The van der Waals surface area contributed by atoms with Gasteiger partial charge in [-0.25, -0.2) is 0 Å². The molecule has 0 saturated carbocycles. The van der Waals surface area contributed by atoms with Crippen molar-refractivity contribution in [1.82, 2.24) is 4.90 Å². The number of rotatable bonds is 6. The number of nitrogens with zero attached hydrogens (tertiary/aromatic N) is 1. The maximum atomic E-state index is 13.7. The van der Waals surface area contributed by atoms with Gasteiger partial charge >= 0.3 is 0 Å². The van der Waals surface area contributed by atoms with Crippen LogP contribution in [0.3, 0.4) is 0 Å². The monoisotopic (exact) mass is 397 g/mol. The summed E-state index contributed by atoms with van der Waals surface area (Å²) >= 11 is 0. The van der Waals surface area contributed by atoms with E-state index in [2.05, 4.69) is 30.3 Å². The largest absolute Gasteiger partial charge is 0.332 e. The van der Waals surface area contributed by atoms with Crippen LogP contribution in [0, 0.1) is 0 Å². The number of aryl methyl sites for hydroxylation is 1. The third-order valence-electron chi connectivity index (χ3n) is 5.89. The van der Waals surface area contributed by atoms with Crippen LogP contribution in [0.15, 0.2) is 78.9 Å². The fourth-order valence-corrected chi connectivity index (χ4v) is 4.40. The second kappa shape index (κ2) is 9.53. The van der Waals surface area contributed by atoms with Crippen molar-refractivity contribution in [1.29, 1.82) is 0 Å². The van der Waals surface area contributed by atoms with Gasteiger partial charge in [0.25, 0.3) is 5.91 Å². The van der Waals surface area contributed by atoms with Gasteiger partial charge in [0.15, 0.2) is 0 Å². The van der Waals surface area contributed by atoms with Crippen molar-refractivity contribution < 1.29 is 9.59 Å². The molecule has 0 spiro atoms. The third kappa shape index (κ3) is 4.35. The van der Waals surface area contributed by atoms with E-state index in [1.807, 2.05) is 53.4 Å². The Morgan fingerprint density at radius 2 is 1.73 bits per heavy atom. The zero-order valence-electron chi connectivity index (χ0n) is 17.2. The highest BCUT2D eigenvalue weighted by Gasteiger charge is 2.30. The van der Waals surface area contributed by atoms with Gasteiger partial charge in [-0.3, -0.25) is 4.79 Å². The lowest BCUT2D eigenvalue weighted by Gasteiger charge is -2.36. The molecule has 1 amide bonds. The number of likely N-dealkylation sites (tertiary alicyclic amines) is 1. The van der Waals surface area contributed by atoms with E-state index >= 15 is 0 Å². The number of amides is 1. The van der Waals surface area contributed by atoms with Crippen molar-refractivity contribution in [2.45, 2.75) is 38.1 Å². The zero-order chi connectivity index (χ0) is 20.8. The molecule has 3 aromatic rings. The average molecular weight is 398 g/mol. The van der Waals surface area contributed by atoms with E-state index in [4.69, 9.17) is 0 Å². The molecule has 1 aliphatic rings. The van der Waals surface area contributed by atoms with Crippen molar-refractivity contribution in [3.63, 3.8) is 0 Å². The van der Waals surface area contributed by atoms with Crippen LogP contribution in [0.4, 0.5) is 0 Å². The Morgan fingerprint density at radius 1 is 0.933 bits per heavy atom. The number of aldehydes is 1. The molecule has 0 aliphatic carbocycles. The van der Waals surface area contributed by atoms with E-state index in [1.165, 1.54) is 5.56 Å². The van der Waals surface area contributed by atoms with E-state index < -0.39 is 0 Å². The second-order valence-electron chi connectivity index (χ2n) is 7.87. The first kappa shape index (κ1) is 20.1. The number of hydrogen-bond acceptors (Lipinski definition) is 2. The fourth-order valence-electron chi connectivity index (χ4n) is 4.40. The van der Waals surface area contributed by atoms with Gasteiger partial charge in [0.05, 0.1) is 6.04 Å². The Bertz CT molecular complexity index is 1010. The summed E-state index contributed by atoms with van der Waals surface area (Å²) in [5, 5.41) is 0. The van der Waals surface area contributed by atoms with Crippen LogP contribution in [-0.4, -0.2) is 23.6 Å². The molecule has 1 fully saturated rings. The molecule has 0 N–H and O–H groups in total. The van der Waals surface area contributed by atoms with Crippen molar-refractivity contribution >= 4 is 12.2 Å². The van der Waals surface area contributed by atoms with Crippen LogP contribution >= 0.6 is 0 Å². The first-order valence-corrected chi connectivity index (χ1v) is 10.8. The molecule has 0 bridgehead atoms. The highest BCUT2D eigenvalue weighted by molar-refractivity contribution is 6.01. The summed E-state index contributed by atoms with van der Waals surface area (Å²) in [4.78, 5) is 26.5. The summed E-state index contributed by atoms with van der Waals surface area (Å²) < 4.78 is 0. The van der Waals surface area contributed by atoms with Gasteiger partial charge in [0, 0.05) is 18.5 Å². The summed E-state index contributed by atoms with van der Waals surface area (Å²) in [5.74, 6) is 0.0949. The average Bonchev–Trinajstić information content (AvgIpc) is 2.83. The summed E-state index contributed by atoms with van der Waals surface area (Å²) in [7, 11) is 0. The Balaban J connectivity index is 1.66. The van der Waals surface area contributed by atoms with Crippen LogP contribution in [0.2, 0.25) is 0 Å². The number of hydrogen-bond donors (Lipinski definition) is 0. The maximum Gasteiger partial charge on any atom is 0.254 e. The predicted octanol–water partition coefficient (Wildman–Crippen LogP) is 5.85. The quantitative estimate of drug-likeness (QED) is 0.489. The normalized spacial score (nSPS) is 16.3. The van der Waals surface area contributed by atoms with Crippen LogP contribution < -0.4 is 0 Å². The SMILES string of the molecule is O=CCCc1cccc(C2CCCCN2C(=O)c2ccccc2-c2ccccc2)c1. The first-order chi connectivity index (χ1) is 14.8. The molecule has 0 radical (unpaired) electrons. The lowest BCUT2D eigenvalue weighted by atomic mass is 9.91. The Morgan fingerprint density at radius 3 is 2.57 bits per heavy atom. The number of carbonyl (C=O) groups excluding carboxylic acids is 2. The molecule has 1 atom stereocenters. The van der Waals surface area contributed by atoms with E-state index in [9.17, 15) is 9.59 Å². The lowest BCUT2D eigenvalue weighted by Crippen LogP contribution is -2.38. The van der Waals surface area contributed by atoms with Crippen molar-refractivity contribution in [3.8, 4) is 11.1 Å². The summed E-state index contributed by atoms with van der Waals surface area (Å²) in [6, 6.07) is 26.5. The minimum Gasteiger partial charge on any atom is -0.332 e. The highest BCUT2D eigenvalue weighted by Crippen LogP contribution is 2.34. The molecule has 4 rings (SSSR count). The maximum absolute atomic E-state index is 13.7. The van der Waals surface area contributed by atoms with Gasteiger partial charge in [-0.2, -0.15) is 0 Å². The van der Waals surface area contributed by atoms with Gasteiger partial charge in [-0.15, -0.1) is 0 Å². The van der Waals surface area contributed by atoms with E-state index in [0.717, 1.165) is 60.8 Å². The van der Waals surface area contributed by atoms with Gasteiger partial charge in [0.1, 0.15) is 6.29 Å². The Kier molecular flexibility index (Phi) is 6.38. The van der Waals surface area contributed by atoms with Gasteiger partial charge < -0.3 is 9.69 Å². The van der Waals surface area contributed by atoms with Crippen molar-refractivity contribution in [3.05, 3.63) is 95.6 Å². The predicted molar refractivity (Wildman–Crippen MR) is 120 cm³/mol. The van der Waals surface area contributed by atoms with E-state index in [-0.39, 0.29) is 11.9 Å². The highest BCUT2D eigenvalue weighted by atomic mass is 16.2. The fraction of sp³-hybridized carbons (Fsp3) is 0.259. The molecule has 1 unspecified atom stereocenters. The standard InChI is InChI=1S/C27H27NO2/c29-19-9-11-21-10-8-14-23(20-21)26-17-6-7-18-28(26)27(30)25-16-5-4-15-24(25)22-12-2-1-3-13-22/h1-5,8,10,12-16,19-20,26H,6-7,9,11,17-18H2. The lowest BCUT2D eigenvalue weighted by molar-refractivity contribution is -0.107. The molecule has 0 aromatic heterocycles. The first-order valence-electron chi connectivity index (χ1n) is 10.8. The minimum atomic E-state index is 0.0752. The van der Waals surface area contributed by atoms with Gasteiger partial charge in [-0.1, -0.05) is 72.8 Å². The van der Waals surface area contributed by atoms with E-state index in [1.54, 1.807) is 0 Å². The molecular weight excluding hydrogens is 370 g/mol. The molecule has 3 nitrogen and oxygen atoms in total. The Hall–Kier alpha value is -3.20. The molecule has 152 valence electrons. The number of benzene rings is 3. The van der Waals surface area contributed by atoms with E-state index in [0.29, 0.717) is 6.42 Å². The smallest absolute Gasteiger partial charge is 0.254 e. The van der Waals surface area contributed by atoms with Crippen LogP contribution in [0.1, 0.15) is 53.2 Å². The second-order valence-corrected chi connectivity index (χ2v) is 7.87. The molecule has 30 heavy (non-hydrogen) atoms. The van der Waals surface area contributed by atoms with Crippen LogP contribution in [0.25, 0.3) is 11.1 Å². The molecule has 3 aromatic carbocycles. The molecule has 1 heterocycles. The topological polar surface area (TPSA) is 37.4 Å². The molecule has 1 aliphatic heterocycles.